The lowest BCUT2D eigenvalue weighted by Gasteiger charge is -2.23. The number of hydrogen-bond donors (Lipinski definition) is 0. The van der Waals surface area contributed by atoms with E-state index in [1.165, 1.54) is 22.7 Å². The van der Waals surface area contributed by atoms with E-state index in [9.17, 15) is 9.59 Å². The molecule has 32 heavy (non-hydrogen) atoms. The maximum atomic E-state index is 13.4. The summed E-state index contributed by atoms with van der Waals surface area (Å²) in [7, 11) is 1.55. The quantitative estimate of drug-likeness (QED) is 0.396. The number of esters is 1. The lowest BCUT2D eigenvalue weighted by Crippen LogP contribution is -2.39. The molecule has 0 saturated carbocycles. The number of allylic oxidation sites excluding steroid dienone is 2. The predicted octanol–water partition coefficient (Wildman–Crippen LogP) is 3.15. The van der Waals surface area contributed by atoms with Gasteiger partial charge in [-0.2, -0.15) is 0 Å². The van der Waals surface area contributed by atoms with Crippen LogP contribution >= 0.6 is 22.7 Å². The van der Waals surface area contributed by atoms with Gasteiger partial charge in [-0.25, -0.2) is 9.79 Å². The number of fused-ring (bicyclic) bond motifs is 1. The Bertz CT molecular complexity index is 1330. The van der Waals surface area contributed by atoms with Crippen LogP contribution < -0.4 is 14.9 Å². The molecule has 4 rings (SSSR count). The zero-order valence-electron chi connectivity index (χ0n) is 17.7. The molecule has 1 aliphatic rings. The van der Waals surface area contributed by atoms with Crippen LogP contribution in [-0.2, 0) is 14.3 Å². The van der Waals surface area contributed by atoms with Crippen molar-refractivity contribution in [3.63, 3.8) is 0 Å². The molecule has 1 atom stereocenters. The molecule has 0 unspecified atom stereocenters. The van der Waals surface area contributed by atoms with Crippen LogP contribution in [0.3, 0.4) is 0 Å². The minimum absolute atomic E-state index is 0.137. The third kappa shape index (κ3) is 4.57. The van der Waals surface area contributed by atoms with Gasteiger partial charge in [-0.15, -0.1) is 11.3 Å². The first-order chi connectivity index (χ1) is 15.6. The number of ether oxygens (including phenoxy) is 2. The molecule has 6 nitrogen and oxygen atoms in total. The second-order valence-electron chi connectivity index (χ2n) is 7.02. The highest BCUT2D eigenvalue weighted by atomic mass is 32.1. The summed E-state index contributed by atoms with van der Waals surface area (Å²) in [6, 6.07) is 13.1. The molecule has 0 N–H and O–H groups in total. The molecule has 3 aromatic rings. The van der Waals surface area contributed by atoms with Crippen LogP contribution in [0.25, 0.3) is 12.2 Å². The minimum Gasteiger partial charge on any atom is -0.460 e. The van der Waals surface area contributed by atoms with Crippen LogP contribution in [0.5, 0.6) is 0 Å². The molecule has 0 aliphatic carbocycles. The second-order valence-corrected chi connectivity index (χ2v) is 9.01. The molecule has 2 aromatic heterocycles. The molecule has 0 saturated heterocycles. The summed E-state index contributed by atoms with van der Waals surface area (Å²) in [5, 5.41) is 1.93. The van der Waals surface area contributed by atoms with Gasteiger partial charge in [0.05, 0.1) is 22.4 Å². The van der Waals surface area contributed by atoms with Gasteiger partial charge >= 0.3 is 5.97 Å². The summed E-state index contributed by atoms with van der Waals surface area (Å²) in [5.41, 5.74) is 1.80. The molecule has 164 valence electrons. The molecule has 3 heterocycles. The Hall–Kier alpha value is -3.07. The first-order valence-electron chi connectivity index (χ1n) is 10.0. The maximum Gasteiger partial charge on any atom is 0.338 e. The average Bonchev–Trinajstić information content (AvgIpc) is 3.42. The molecule has 0 fully saturated rings. The fourth-order valence-corrected chi connectivity index (χ4v) is 5.24. The van der Waals surface area contributed by atoms with E-state index in [2.05, 4.69) is 4.99 Å². The van der Waals surface area contributed by atoms with E-state index >= 15 is 0 Å². The van der Waals surface area contributed by atoms with Crippen molar-refractivity contribution in [2.45, 2.75) is 13.0 Å². The van der Waals surface area contributed by atoms with Gasteiger partial charge in [0.15, 0.2) is 4.80 Å². The molecular formula is C24H22N2O4S2. The molecule has 8 heteroatoms. The standard InChI is InChI=1S/C24H22N2O4S2/c1-16-20(23(28)30-14-13-29-2)21(18-12-7-15-31-18)26-22(27)19(32-24(26)25-16)11-6-10-17-8-4-3-5-9-17/h3-12,15,21H,13-14H2,1-2H3/b10-6+,19-11+/t21-/m0/s1. The van der Waals surface area contributed by atoms with Crippen LogP contribution in [0.2, 0.25) is 0 Å². The average molecular weight is 467 g/mol. The topological polar surface area (TPSA) is 69.9 Å². The Kier molecular flexibility index (Phi) is 6.94. The van der Waals surface area contributed by atoms with Crippen molar-refractivity contribution in [1.82, 2.24) is 4.57 Å². The number of rotatable bonds is 7. The highest BCUT2D eigenvalue weighted by Gasteiger charge is 2.33. The third-order valence-corrected chi connectivity index (χ3v) is 6.84. The van der Waals surface area contributed by atoms with Crippen molar-refractivity contribution in [1.29, 1.82) is 0 Å². The summed E-state index contributed by atoms with van der Waals surface area (Å²) in [5.74, 6) is -0.486. The van der Waals surface area contributed by atoms with Gasteiger partial charge in [-0.1, -0.05) is 59.9 Å². The van der Waals surface area contributed by atoms with Crippen molar-refractivity contribution in [3.8, 4) is 0 Å². The smallest absolute Gasteiger partial charge is 0.338 e. The van der Waals surface area contributed by atoms with Gasteiger partial charge in [0.2, 0.25) is 0 Å². The number of thiazole rings is 1. The van der Waals surface area contributed by atoms with Crippen LogP contribution in [0.15, 0.2) is 75.0 Å². The Balaban J connectivity index is 1.77. The lowest BCUT2D eigenvalue weighted by molar-refractivity contribution is -0.140. The number of hydrogen-bond acceptors (Lipinski definition) is 7. The number of carbonyl (C=O) groups excluding carboxylic acids is 1. The molecule has 0 bridgehead atoms. The summed E-state index contributed by atoms with van der Waals surface area (Å²) < 4.78 is 12.5. The molecule has 0 radical (unpaired) electrons. The largest absolute Gasteiger partial charge is 0.460 e. The van der Waals surface area contributed by atoms with Gasteiger partial charge in [0.1, 0.15) is 12.6 Å². The van der Waals surface area contributed by atoms with E-state index in [0.29, 0.717) is 27.2 Å². The lowest BCUT2D eigenvalue weighted by atomic mass is 10.0. The van der Waals surface area contributed by atoms with Crippen molar-refractivity contribution in [2.24, 2.45) is 4.99 Å². The number of carbonyl (C=O) groups is 1. The SMILES string of the molecule is COCCOC(=O)C1=C(C)N=c2s/c(=C/C=C/c3ccccc3)c(=O)n2[C@H]1c1cccs1. The monoisotopic (exact) mass is 466 g/mol. The van der Waals surface area contributed by atoms with Crippen molar-refractivity contribution >= 4 is 40.8 Å². The number of thiophene rings is 1. The molecule has 0 spiro atoms. The Labute approximate surface area is 193 Å². The van der Waals surface area contributed by atoms with Gasteiger partial charge in [0, 0.05) is 12.0 Å². The summed E-state index contributed by atoms with van der Waals surface area (Å²) >= 11 is 2.80. The van der Waals surface area contributed by atoms with Gasteiger partial charge in [-0.3, -0.25) is 9.36 Å². The highest BCUT2D eigenvalue weighted by Crippen LogP contribution is 2.33. The highest BCUT2D eigenvalue weighted by molar-refractivity contribution is 7.10. The molecule has 1 aliphatic heterocycles. The zero-order valence-corrected chi connectivity index (χ0v) is 19.3. The van der Waals surface area contributed by atoms with E-state index in [4.69, 9.17) is 9.47 Å². The van der Waals surface area contributed by atoms with Gasteiger partial charge in [0.25, 0.3) is 5.56 Å². The van der Waals surface area contributed by atoms with Crippen molar-refractivity contribution in [3.05, 3.63) is 95.3 Å². The Morgan fingerprint density at radius 1 is 1.19 bits per heavy atom. The first-order valence-corrected chi connectivity index (χ1v) is 11.7. The third-order valence-electron chi connectivity index (χ3n) is 4.91. The minimum atomic E-state index is -0.568. The normalized spacial score (nSPS) is 16.3. The number of aromatic nitrogens is 1. The van der Waals surface area contributed by atoms with E-state index in [1.54, 1.807) is 24.7 Å². The summed E-state index contributed by atoms with van der Waals surface area (Å²) in [6.07, 6.45) is 5.59. The Morgan fingerprint density at radius 2 is 2.00 bits per heavy atom. The fraction of sp³-hybridized carbons (Fsp3) is 0.208. The first kappa shape index (κ1) is 22.1. The van der Waals surface area contributed by atoms with Crippen LogP contribution in [0, 0.1) is 0 Å². The van der Waals surface area contributed by atoms with Crippen LogP contribution in [0.1, 0.15) is 23.4 Å². The van der Waals surface area contributed by atoms with Crippen LogP contribution in [-0.4, -0.2) is 30.9 Å². The van der Waals surface area contributed by atoms with E-state index in [-0.39, 0.29) is 12.2 Å². The summed E-state index contributed by atoms with van der Waals surface area (Å²) in [6.45, 7) is 2.22. The van der Waals surface area contributed by atoms with Gasteiger partial charge in [-0.05, 0) is 30.0 Å². The van der Waals surface area contributed by atoms with E-state index in [1.807, 2.05) is 60.0 Å². The van der Waals surface area contributed by atoms with E-state index in [0.717, 1.165) is 10.4 Å². The van der Waals surface area contributed by atoms with Crippen molar-refractivity contribution < 1.29 is 14.3 Å². The molecular weight excluding hydrogens is 444 g/mol. The number of methoxy groups -OCH3 is 1. The van der Waals surface area contributed by atoms with Crippen molar-refractivity contribution in [2.75, 3.05) is 20.3 Å². The maximum absolute atomic E-state index is 13.4. The number of benzene rings is 1. The predicted molar refractivity (Wildman–Crippen MR) is 127 cm³/mol. The number of nitrogens with zero attached hydrogens (tertiary/aromatic N) is 2. The van der Waals surface area contributed by atoms with Gasteiger partial charge < -0.3 is 9.47 Å². The fourth-order valence-electron chi connectivity index (χ4n) is 3.42. The molecule has 0 amide bonds. The molecule has 1 aromatic carbocycles. The van der Waals surface area contributed by atoms with Crippen LogP contribution in [0.4, 0.5) is 0 Å². The zero-order chi connectivity index (χ0) is 22.5. The second kappa shape index (κ2) is 10.0. The Morgan fingerprint density at radius 3 is 2.72 bits per heavy atom. The summed E-state index contributed by atoms with van der Waals surface area (Å²) in [4.78, 5) is 32.3. The van der Waals surface area contributed by atoms with E-state index < -0.39 is 12.0 Å².